The number of hydrogen-bond donors (Lipinski definition) is 1. The van der Waals surface area contributed by atoms with Crippen molar-refractivity contribution in [3.05, 3.63) is 24.3 Å². The van der Waals surface area contributed by atoms with Crippen LogP contribution in [-0.4, -0.2) is 37.3 Å². The van der Waals surface area contributed by atoms with Crippen molar-refractivity contribution >= 4 is 12.6 Å². The molecule has 0 unspecified atom stereocenters. The van der Waals surface area contributed by atoms with Crippen molar-refractivity contribution in [2.75, 3.05) is 32.8 Å². The summed E-state index contributed by atoms with van der Waals surface area (Å²) >= 11 is 4.27. The molecular weight excluding hydrogens is 346 g/mol. The van der Waals surface area contributed by atoms with Crippen LogP contribution in [0.15, 0.2) is 29.2 Å². The van der Waals surface area contributed by atoms with Gasteiger partial charge in [-0.05, 0) is 64.3 Å². The number of benzene rings is 1. The van der Waals surface area contributed by atoms with E-state index in [1.54, 1.807) is 0 Å². The van der Waals surface area contributed by atoms with Crippen molar-refractivity contribution in [3.63, 3.8) is 0 Å². The van der Waals surface area contributed by atoms with E-state index in [0.29, 0.717) is 0 Å². The van der Waals surface area contributed by atoms with Crippen LogP contribution in [-0.2, 0) is 0 Å². The van der Waals surface area contributed by atoms with Crippen LogP contribution < -0.4 is 21.7 Å². The summed E-state index contributed by atoms with van der Waals surface area (Å²) < 4.78 is 6.99. The van der Waals surface area contributed by atoms with E-state index in [1.807, 2.05) is 24.3 Å². The van der Waals surface area contributed by atoms with Gasteiger partial charge in [-0.15, -0.1) is 12.6 Å². The highest BCUT2D eigenvalue weighted by Crippen LogP contribution is 2.15. The minimum atomic E-state index is 0. The van der Waals surface area contributed by atoms with Gasteiger partial charge in [-0.1, -0.05) is 0 Å². The number of thiol groups is 1. The largest absolute Gasteiger partial charge is 1.00 e. The molecule has 0 N–H and O–H groups in total. The fraction of sp³-hybridized carbons (Fsp3) is 0.647. The van der Waals surface area contributed by atoms with Gasteiger partial charge in [0.05, 0.1) is 32.8 Å². The molecule has 2 nitrogen and oxygen atoms in total. The van der Waals surface area contributed by atoms with Crippen LogP contribution in [0.5, 0.6) is 5.75 Å². The molecule has 0 saturated carbocycles. The molecule has 0 heterocycles. The van der Waals surface area contributed by atoms with Crippen molar-refractivity contribution < 1.29 is 26.2 Å². The minimum absolute atomic E-state index is 0. The summed E-state index contributed by atoms with van der Waals surface area (Å²) in [7, 11) is 0. The first-order chi connectivity index (χ1) is 9.65. The van der Waals surface area contributed by atoms with Crippen molar-refractivity contribution in [2.45, 2.75) is 44.9 Å². The smallest absolute Gasteiger partial charge is 0.119 e. The summed E-state index contributed by atoms with van der Waals surface area (Å²) in [5, 5.41) is 0. The lowest BCUT2D eigenvalue weighted by atomic mass is 10.2. The number of unbranched alkanes of at least 4 members (excludes halogenated alkanes) is 2. The number of nitrogens with zero attached hydrogens (tertiary/aromatic N) is 1. The molecular formula is C17H30BrNOS. The van der Waals surface area contributed by atoms with Crippen LogP contribution in [0, 0.1) is 0 Å². The average Bonchev–Trinajstić information content (AvgIpc) is 2.49. The quantitative estimate of drug-likeness (QED) is 0.369. The van der Waals surface area contributed by atoms with E-state index in [1.165, 1.54) is 43.5 Å². The summed E-state index contributed by atoms with van der Waals surface area (Å²) in [6.07, 6.45) is 3.69. The third kappa shape index (κ3) is 7.57. The Hall–Kier alpha value is -0.190. The molecule has 0 fully saturated rings. The fourth-order valence-electron chi connectivity index (χ4n) is 2.60. The van der Waals surface area contributed by atoms with Crippen molar-refractivity contribution in [1.82, 2.24) is 0 Å². The normalized spacial score (nSPS) is 11.0. The van der Waals surface area contributed by atoms with Gasteiger partial charge >= 0.3 is 0 Å². The van der Waals surface area contributed by atoms with E-state index in [9.17, 15) is 0 Å². The van der Waals surface area contributed by atoms with Crippen molar-refractivity contribution in [3.8, 4) is 5.75 Å². The number of halogens is 1. The summed E-state index contributed by atoms with van der Waals surface area (Å²) in [6, 6.07) is 7.90. The van der Waals surface area contributed by atoms with Gasteiger partial charge in [0, 0.05) is 4.90 Å². The standard InChI is InChI=1S/C17H29NOS.BrH/c1-4-18(5-2,6-3)14-8-7-9-15-19-16-10-12-17(20)13-11-16;/h10-13H,4-9,14-15H2,1-3H3;1H. The Labute approximate surface area is 146 Å². The first-order valence-corrected chi connectivity index (χ1v) is 8.37. The van der Waals surface area contributed by atoms with E-state index >= 15 is 0 Å². The predicted molar refractivity (Wildman–Crippen MR) is 89.8 cm³/mol. The second-order valence-corrected chi connectivity index (χ2v) is 5.93. The van der Waals surface area contributed by atoms with Gasteiger partial charge in [0.1, 0.15) is 5.75 Å². The molecule has 0 aliphatic carbocycles. The van der Waals surface area contributed by atoms with Crippen LogP contribution in [0.25, 0.3) is 0 Å². The Morgan fingerprint density at radius 2 is 1.48 bits per heavy atom. The first kappa shape index (κ1) is 20.8. The maximum atomic E-state index is 5.73. The maximum Gasteiger partial charge on any atom is 0.119 e. The molecule has 0 amide bonds. The first-order valence-electron chi connectivity index (χ1n) is 7.92. The minimum Gasteiger partial charge on any atom is -1.00 e. The molecule has 1 rings (SSSR count). The average molecular weight is 376 g/mol. The number of hydrogen-bond acceptors (Lipinski definition) is 2. The molecule has 4 heteroatoms. The number of ether oxygens (including phenoxy) is 1. The van der Waals surface area contributed by atoms with Gasteiger partial charge in [0.15, 0.2) is 0 Å². The highest BCUT2D eigenvalue weighted by Gasteiger charge is 2.19. The third-order valence-electron chi connectivity index (χ3n) is 4.39. The van der Waals surface area contributed by atoms with E-state index < -0.39 is 0 Å². The maximum absolute atomic E-state index is 5.73. The second-order valence-electron chi connectivity index (χ2n) is 5.42. The lowest BCUT2D eigenvalue weighted by molar-refractivity contribution is -0.923. The van der Waals surface area contributed by atoms with Gasteiger partial charge in [0.2, 0.25) is 0 Å². The molecule has 0 radical (unpaired) electrons. The lowest BCUT2D eigenvalue weighted by Crippen LogP contribution is -3.00. The zero-order valence-corrected chi connectivity index (χ0v) is 16.1. The molecule has 0 spiro atoms. The van der Waals surface area contributed by atoms with Crippen LogP contribution in [0.1, 0.15) is 40.0 Å². The highest BCUT2D eigenvalue weighted by atomic mass is 79.9. The Morgan fingerprint density at radius 3 is 2.00 bits per heavy atom. The zero-order valence-electron chi connectivity index (χ0n) is 13.6. The topological polar surface area (TPSA) is 9.23 Å². The van der Waals surface area contributed by atoms with Crippen LogP contribution in [0.3, 0.4) is 0 Å². The SMILES string of the molecule is CC[N+](CC)(CC)CCCCCOc1ccc(S)cc1.[Br-]. The Bertz CT molecular complexity index is 357. The van der Waals surface area contributed by atoms with E-state index in [2.05, 4.69) is 33.4 Å². The van der Waals surface area contributed by atoms with Gasteiger partial charge in [-0.3, -0.25) is 0 Å². The van der Waals surface area contributed by atoms with Crippen molar-refractivity contribution in [1.29, 1.82) is 0 Å². The summed E-state index contributed by atoms with van der Waals surface area (Å²) in [4.78, 5) is 0.977. The Balaban J connectivity index is 0.00000400. The van der Waals surface area contributed by atoms with E-state index in [4.69, 9.17) is 4.74 Å². The van der Waals surface area contributed by atoms with Gasteiger partial charge in [-0.2, -0.15) is 0 Å². The third-order valence-corrected chi connectivity index (χ3v) is 4.69. The molecule has 0 saturated heterocycles. The molecule has 0 aliphatic rings. The lowest BCUT2D eigenvalue weighted by Gasteiger charge is -2.35. The summed E-state index contributed by atoms with van der Waals surface area (Å²) in [6.45, 7) is 12.8. The molecule has 1 aromatic carbocycles. The number of rotatable bonds is 10. The molecule has 21 heavy (non-hydrogen) atoms. The summed E-state index contributed by atoms with van der Waals surface area (Å²) in [5.41, 5.74) is 0. The monoisotopic (exact) mass is 375 g/mol. The van der Waals surface area contributed by atoms with Gasteiger partial charge in [0.25, 0.3) is 0 Å². The molecule has 0 bridgehead atoms. The molecule has 1 aromatic rings. The van der Waals surface area contributed by atoms with Gasteiger partial charge in [-0.25, -0.2) is 0 Å². The Kier molecular flexibility index (Phi) is 11.3. The summed E-state index contributed by atoms with van der Waals surface area (Å²) in [5.74, 6) is 0.948. The second kappa shape index (κ2) is 11.4. The van der Waals surface area contributed by atoms with E-state index in [0.717, 1.165) is 23.7 Å². The van der Waals surface area contributed by atoms with E-state index in [-0.39, 0.29) is 17.0 Å². The van der Waals surface area contributed by atoms with Crippen LogP contribution in [0.4, 0.5) is 0 Å². The van der Waals surface area contributed by atoms with Crippen LogP contribution >= 0.6 is 12.6 Å². The molecule has 0 aliphatic heterocycles. The van der Waals surface area contributed by atoms with Gasteiger partial charge < -0.3 is 26.2 Å². The van der Waals surface area contributed by atoms with Crippen molar-refractivity contribution in [2.24, 2.45) is 0 Å². The van der Waals surface area contributed by atoms with Crippen LogP contribution in [0.2, 0.25) is 0 Å². The molecule has 122 valence electrons. The highest BCUT2D eigenvalue weighted by molar-refractivity contribution is 7.80. The Morgan fingerprint density at radius 1 is 0.905 bits per heavy atom. The number of quaternary nitrogens is 1. The fourth-order valence-corrected chi connectivity index (χ4v) is 2.75. The molecule has 0 aromatic heterocycles. The zero-order chi connectivity index (χ0) is 14.8. The molecule has 0 atom stereocenters. The predicted octanol–water partition coefficient (Wildman–Crippen LogP) is 1.40.